The van der Waals surface area contributed by atoms with Crippen molar-refractivity contribution < 1.29 is 24.2 Å². The second-order valence-corrected chi connectivity index (χ2v) is 7.28. The van der Waals surface area contributed by atoms with Gasteiger partial charge < -0.3 is 24.7 Å². The van der Waals surface area contributed by atoms with Gasteiger partial charge in [0.25, 0.3) is 0 Å². The Labute approximate surface area is 165 Å². The Morgan fingerprint density at radius 2 is 2.33 bits per heavy atom. The largest absolute Gasteiger partial charge is 0.484 e. The van der Waals surface area contributed by atoms with Gasteiger partial charge in [0, 0.05) is 26.2 Å². The number of halogens is 1. The number of fused-ring (bicyclic) bond motifs is 1. The van der Waals surface area contributed by atoms with Gasteiger partial charge >= 0.3 is 6.09 Å². The van der Waals surface area contributed by atoms with Crippen LogP contribution in [0.3, 0.4) is 0 Å². The molecule has 0 aliphatic carbocycles. The van der Waals surface area contributed by atoms with Gasteiger partial charge in [0.1, 0.15) is 12.4 Å². The summed E-state index contributed by atoms with van der Waals surface area (Å²) in [6.07, 6.45) is 0.354. The number of hydrogen-bond donors (Lipinski definition) is 3. The van der Waals surface area contributed by atoms with Crippen molar-refractivity contribution in [3.63, 3.8) is 0 Å². The van der Waals surface area contributed by atoms with Crippen LogP contribution in [-0.2, 0) is 19.6 Å². The molecule has 2 heterocycles. The van der Waals surface area contributed by atoms with Crippen LogP contribution in [0.1, 0.15) is 22.6 Å². The Kier molecular flexibility index (Phi) is 6.35. The molecule has 9 heteroatoms. The first-order valence-corrected chi connectivity index (χ1v) is 9.42. The highest BCUT2D eigenvalue weighted by molar-refractivity contribution is 9.10. The average Bonchev–Trinajstić information content (AvgIpc) is 3.04. The van der Waals surface area contributed by atoms with Crippen molar-refractivity contribution >= 4 is 22.0 Å². The highest BCUT2D eigenvalue weighted by atomic mass is 79.9. The highest BCUT2D eigenvalue weighted by Gasteiger charge is 2.22. The molecule has 1 unspecified atom stereocenters. The van der Waals surface area contributed by atoms with Crippen LogP contribution in [0.5, 0.6) is 5.75 Å². The molecule has 1 aromatic heterocycles. The Balaban J connectivity index is 1.60. The van der Waals surface area contributed by atoms with Crippen LogP contribution < -0.4 is 10.1 Å². The van der Waals surface area contributed by atoms with Crippen molar-refractivity contribution in [2.45, 2.75) is 32.6 Å². The zero-order valence-electron chi connectivity index (χ0n) is 14.9. The summed E-state index contributed by atoms with van der Waals surface area (Å²) in [6.45, 7) is 4.10. The van der Waals surface area contributed by atoms with E-state index in [0.717, 1.165) is 34.4 Å². The Hall–Kier alpha value is -2.10. The number of aryl methyl sites for hydroxylation is 1. The van der Waals surface area contributed by atoms with Crippen LogP contribution in [0.15, 0.2) is 27.4 Å². The lowest BCUT2D eigenvalue weighted by molar-refractivity contribution is 0.102. The minimum absolute atomic E-state index is 0.0240. The number of carboxylic acid groups (broad SMARTS) is 1. The van der Waals surface area contributed by atoms with Crippen LogP contribution in [0.4, 0.5) is 4.79 Å². The van der Waals surface area contributed by atoms with Gasteiger partial charge in [-0.1, -0.05) is 6.07 Å². The molecule has 1 atom stereocenters. The van der Waals surface area contributed by atoms with E-state index in [1.54, 1.807) is 0 Å². The van der Waals surface area contributed by atoms with Crippen molar-refractivity contribution in [1.82, 2.24) is 15.2 Å². The number of amides is 1. The number of aliphatic hydroxyl groups excluding tert-OH is 1. The van der Waals surface area contributed by atoms with Gasteiger partial charge in [0.05, 0.1) is 16.3 Å². The van der Waals surface area contributed by atoms with Gasteiger partial charge in [0.15, 0.2) is 12.2 Å². The molecule has 8 nitrogen and oxygen atoms in total. The van der Waals surface area contributed by atoms with E-state index in [9.17, 15) is 9.90 Å². The average molecular weight is 440 g/mol. The van der Waals surface area contributed by atoms with Crippen molar-refractivity contribution in [3.05, 3.63) is 45.6 Å². The van der Waals surface area contributed by atoms with Crippen LogP contribution in [0.2, 0.25) is 0 Å². The zero-order valence-corrected chi connectivity index (χ0v) is 16.5. The van der Waals surface area contributed by atoms with Crippen molar-refractivity contribution in [2.24, 2.45) is 0 Å². The molecule has 1 amide bonds. The summed E-state index contributed by atoms with van der Waals surface area (Å²) in [5.74, 6) is 1.46. The van der Waals surface area contributed by atoms with Gasteiger partial charge in [-0.2, -0.15) is 0 Å². The van der Waals surface area contributed by atoms with E-state index in [0.29, 0.717) is 25.5 Å². The first kappa shape index (κ1) is 19.7. The molecule has 2 aromatic rings. The number of ether oxygens (including phenoxy) is 1. The SMILES string of the molecule is Cc1ncoc1COc1ccc2c(c1Br)CCN(CC(O)CNC(=O)O)C2. The van der Waals surface area contributed by atoms with Gasteiger partial charge in [-0.15, -0.1) is 0 Å². The van der Waals surface area contributed by atoms with E-state index in [2.05, 4.69) is 31.1 Å². The molecule has 0 spiro atoms. The van der Waals surface area contributed by atoms with Crippen LogP contribution >= 0.6 is 15.9 Å². The lowest BCUT2D eigenvalue weighted by atomic mass is 9.99. The van der Waals surface area contributed by atoms with Gasteiger partial charge in [-0.25, -0.2) is 9.78 Å². The molecular formula is C18H22BrN3O5. The molecule has 0 radical (unpaired) electrons. The summed E-state index contributed by atoms with van der Waals surface area (Å²) >= 11 is 3.65. The van der Waals surface area contributed by atoms with Gasteiger partial charge in [-0.3, -0.25) is 4.90 Å². The fourth-order valence-corrected chi connectivity index (χ4v) is 3.79. The molecule has 0 saturated heterocycles. The van der Waals surface area contributed by atoms with E-state index in [1.165, 1.54) is 12.0 Å². The molecule has 3 rings (SSSR count). The predicted molar refractivity (Wildman–Crippen MR) is 101 cm³/mol. The molecule has 1 aromatic carbocycles. The Bertz CT molecular complexity index is 810. The maximum atomic E-state index is 10.5. The van der Waals surface area contributed by atoms with E-state index in [-0.39, 0.29) is 6.54 Å². The lowest BCUT2D eigenvalue weighted by Gasteiger charge is -2.31. The van der Waals surface area contributed by atoms with Gasteiger partial charge in [-0.05, 0) is 46.5 Å². The Morgan fingerprint density at radius 3 is 3.04 bits per heavy atom. The lowest BCUT2D eigenvalue weighted by Crippen LogP contribution is -2.41. The summed E-state index contributed by atoms with van der Waals surface area (Å²) in [5.41, 5.74) is 3.17. The molecular weight excluding hydrogens is 418 g/mol. The first-order chi connectivity index (χ1) is 12.9. The topological polar surface area (TPSA) is 108 Å². The number of hydrogen-bond acceptors (Lipinski definition) is 6. The van der Waals surface area contributed by atoms with Crippen LogP contribution in [0, 0.1) is 6.92 Å². The summed E-state index contributed by atoms with van der Waals surface area (Å²) < 4.78 is 12.1. The first-order valence-electron chi connectivity index (χ1n) is 8.63. The third-order valence-electron chi connectivity index (χ3n) is 4.54. The number of nitrogens with one attached hydrogen (secondary N) is 1. The molecule has 146 valence electrons. The normalized spacial score (nSPS) is 15.2. The zero-order chi connectivity index (χ0) is 19.4. The van der Waals surface area contributed by atoms with Gasteiger partial charge in [0.2, 0.25) is 0 Å². The molecule has 1 aliphatic heterocycles. The van der Waals surface area contributed by atoms with E-state index in [1.807, 2.05) is 19.1 Å². The number of nitrogens with zero attached hydrogens (tertiary/aromatic N) is 2. The maximum absolute atomic E-state index is 10.5. The third-order valence-corrected chi connectivity index (χ3v) is 5.41. The number of β-amino-alcohol motifs (C(OH)–C–C–N with tert-alkyl or cyclic N) is 1. The number of benzene rings is 1. The fourth-order valence-electron chi connectivity index (χ4n) is 3.09. The van der Waals surface area contributed by atoms with Crippen LogP contribution in [-0.4, -0.2) is 51.9 Å². The second-order valence-electron chi connectivity index (χ2n) is 6.49. The summed E-state index contributed by atoms with van der Waals surface area (Å²) in [4.78, 5) is 16.7. The monoisotopic (exact) mass is 439 g/mol. The van der Waals surface area contributed by atoms with Crippen molar-refractivity contribution in [1.29, 1.82) is 0 Å². The molecule has 27 heavy (non-hydrogen) atoms. The minimum Gasteiger partial charge on any atom is -0.484 e. The predicted octanol–water partition coefficient (Wildman–Crippen LogP) is 2.31. The van der Waals surface area contributed by atoms with E-state index < -0.39 is 12.2 Å². The maximum Gasteiger partial charge on any atom is 0.404 e. The van der Waals surface area contributed by atoms with E-state index >= 15 is 0 Å². The quantitative estimate of drug-likeness (QED) is 0.607. The number of carbonyl (C=O) groups is 1. The number of oxazole rings is 1. The Morgan fingerprint density at radius 1 is 1.52 bits per heavy atom. The molecule has 1 aliphatic rings. The molecule has 0 fully saturated rings. The minimum atomic E-state index is -1.13. The smallest absolute Gasteiger partial charge is 0.404 e. The molecule has 3 N–H and O–H groups in total. The fraction of sp³-hybridized carbons (Fsp3) is 0.444. The summed E-state index contributed by atoms with van der Waals surface area (Å²) in [6, 6.07) is 3.94. The van der Waals surface area contributed by atoms with Crippen molar-refractivity contribution in [2.75, 3.05) is 19.6 Å². The molecule has 0 saturated carbocycles. The van der Waals surface area contributed by atoms with E-state index in [4.69, 9.17) is 14.3 Å². The molecule has 0 bridgehead atoms. The number of aliphatic hydroxyl groups is 1. The highest BCUT2D eigenvalue weighted by Crippen LogP contribution is 2.35. The number of aromatic nitrogens is 1. The summed E-state index contributed by atoms with van der Waals surface area (Å²) in [7, 11) is 0. The summed E-state index contributed by atoms with van der Waals surface area (Å²) in [5, 5.41) is 20.8. The van der Waals surface area contributed by atoms with Crippen LogP contribution in [0.25, 0.3) is 0 Å². The van der Waals surface area contributed by atoms with Crippen molar-refractivity contribution in [3.8, 4) is 5.75 Å². The standard InChI is InChI=1S/C18H22BrN3O5/c1-11-16(27-10-21-11)9-26-15-3-2-12-7-22(5-4-14(12)17(15)19)8-13(23)6-20-18(24)25/h2-3,10,13,20,23H,4-9H2,1H3,(H,24,25). The second kappa shape index (κ2) is 8.73. The number of rotatable bonds is 7. The third kappa shape index (κ3) is 5.00.